The van der Waals surface area contributed by atoms with E-state index >= 15 is 0 Å². The number of pyridine rings is 1. The fraction of sp³-hybridized carbons (Fsp3) is 0.600. The molecule has 204 valence electrons. The summed E-state index contributed by atoms with van der Waals surface area (Å²) in [6, 6.07) is 3.97. The van der Waals surface area contributed by atoms with Crippen LogP contribution in [0, 0.1) is 12.3 Å². The third kappa shape index (κ3) is 4.52. The highest BCUT2D eigenvalue weighted by Crippen LogP contribution is 2.43. The first-order valence-corrected chi connectivity index (χ1v) is 13.8. The zero-order chi connectivity index (χ0) is 27.6. The van der Waals surface area contributed by atoms with E-state index < -0.39 is 5.54 Å². The number of carbonyl (C=O) groups excluding carboxylic acids is 2. The Hall–Kier alpha value is -3.16. The molecule has 3 aromatic rings. The van der Waals surface area contributed by atoms with Crippen LogP contribution in [0.25, 0.3) is 11.1 Å². The van der Waals surface area contributed by atoms with E-state index in [1.165, 1.54) is 12.8 Å². The van der Waals surface area contributed by atoms with Gasteiger partial charge in [0.25, 0.3) is 11.8 Å². The van der Waals surface area contributed by atoms with E-state index in [4.69, 9.17) is 9.40 Å². The van der Waals surface area contributed by atoms with Crippen LogP contribution in [-0.2, 0) is 10.2 Å². The van der Waals surface area contributed by atoms with Crippen LogP contribution in [0.15, 0.2) is 22.7 Å². The van der Waals surface area contributed by atoms with Crippen LogP contribution in [0.4, 0.5) is 5.82 Å². The Morgan fingerprint density at radius 3 is 2.39 bits per heavy atom. The second-order valence-electron chi connectivity index (χ2n) is 13.5. The van der Waals surface area contributed by atoms with Gasteiger partial charge in [-0.1, -0.05) is 34.6 Å². The minimum Gasteiger partial charge on any atom is -0.449 e. The fourth-order valence-corrected chi connectivity index (χ4v) is 5.94. The smallest absolute Gasteiger partial charge is 0.290 e. The van der Waals surface area contributed by atoms with Gasteiger partial charge in [0.1, 0.15) is 11.1 Å². The molecule has 0 atom stereocenters. The first-order valence-electron chi connectivity index (χ1n) is 13.8. The van der Waals surface area contributed by atoms with E-state index in [9.17, 15) is 9.59 Å². The summed E-state index contributed by atoms with van der Waals surface area (Å²) in [5.74, 6) is 0.791. The first kappa shape index (κ1) is 26.4. The molecule has 0 radical (unpaired) electrons. The predicted molar refractivity (Wildman–Crippen MR) is 148 cm³/mol. The van der Waals surface area contributed by atoms with Gasteiger partial charge in [0.2, 0.25) is 0 Å². The quantitative estimate of drug-likeness (QED) is 0.451. The lowest BCUT2D eigenvalue weighted by Crippen LogP contribution is -2.65. The number of aromatic amines is 1. The van der Waals surface area contributed by atoms with Crippen LogP contribution < -0.4 is 4.90 Å². The Kier molecular flexibility index (Phi) is 6.23. The van der Waals surface area contributed by atoms with Crippen molar-refractivity contribution in [2.24, 2.45) is 5.41 Å². The van der Waals surface area contributed by atoms with E-state index in [1.807, 2.05) is 6.92 Å². The minimum absolute atomic E-state index is 0.167. The molecule has 1 saturated heterocycles. The molecule has 0 aromatic carbocycles. The van der Waals surface area contributed by atoms with Crippen molar-refractivity contribution in [3.05, 3.63) is 40.9 Å². The summed E-state index contributed by atoms with van der Waals surface area (Å²) in [5.41, 5.74) is 3.58. The van der Waals surface area contributed by atoms with Crippen LogP contribution in [0.1, 0.15) is 107 Å². The third-order valence-corrected chi connectivity index (χ3v) is 8.57. The maximum atomic E-state index is 13.8. The number of hydrogen-bond acceptors (Lipinski definition) is 5. The lowest BCUT2D eigenvalue weighted by atomic mass is 9.72. The Bertz CT molecular complexity index is 1380. The standard InChI is InChI=1S/C30H41N5O3/c1-18-17-31-33-25(18)34-13-14-35(30(7,8)27(34)37)26(36)23-16-22-24(38-23)20(28(2,3)4)15-21(32-22)19-9-11-29(5,6)12-10-19/h15-17,19H,9-14H2,1-8H3,(H,31,33). The van der Waals surface area contributed by atoms with Gasteiger partial charge in [0.15, 0.2) is 17.2 Å². The van der Waals surface area contributed by atoms with Crippen molar-refractivity contribution >= 4 is 28.7 Å². The van der Waals surface area contributed by atoms with Crippen LogP contribution in [-0.4, -0.2) is 50.5 Å². The SMILES string of the molecule is Cc1c[nH]nc1N1CCN(C(=O)c2cc3nc(C4CCC(C)(C)CC4)cc(C(C)(C)C)c3o2)C(C)(C)C1=O. The second kappa shape index (κ2) is 8.95. The predicted octanol–water partition coefficient (Wildman–Crippen LogP) is 6.11. The van der Waals surface area contributed by atoms with Crippen molar-refractivity contribution in [1.29, 1.82) is 0 Å². The summed E-state index contributed by atoms with van der Waals surface area (Å²) in [4.78, 5) is 35.6. The number of H-pyrrole nitrogens is 1. The van der Waals surface area contributed by atoms with Gasteiger partial charge in [0.05, 0.1) is 0 Å². The highest BCUT2D eigenvalue weighted by Gasteiger charge is 2.46. The molecule has 4 heterocycles. The number of rotatable bonds is 3. The van der Waals surface area contributed by atoms with E-state index in [0.29, 0.717) is 35.8 Å². The van der Waals surface area contributed by atoms with E-state index in [0.717, 1.165) is 35.2 Å². The average molecular weight is 520 g/mol. The monoisotopic (exact) mass is 519 g/mol. The Balaban J connectivity index is 1.48. The molecule has 8 nitrogen and oxygen atoms in total. The van der Waals surface area contributed by atoms with Crippen LogP contribution >= 0.6 is 0 Å². The van der Waals surface area contributed by atoms with Gasteiger partial charge >= 0.3 is 0 Å². The van der Waals surface area contributed by atoms with Gasteiger partial charge in [-0.15, -0.1) is 0 Å². The van der Waals surface area contributed by atoms with Gasteiger partial charge in [-0.3, -0.25) is 19.6 Å². The Morgan fingerprint density at radius 1 is 1.11 bits per heavy atom. The molecule has 0 unspecified atom stereocenters. The Labute approximate surface area is 225 Å². The molecule has 2 aliphatic rings. The molecule has 38 heavy (non-hydrogen) atoms. The maximum Gasteiger partial charge on any atom is 0.290 e. The molecule has 1 saturated carbocycles. The number of amides is 2. The van der Waals surface area contributed by atoms with E-state index in [1.54, 1.807) is 35.9 Å². The molecule has 1 N–H and O–H groups in total. The number of carbonyl (C=O) groups is 2. The molecule has 0 bridgehead atoms. The topological polar surface area (TPSA) is 95.3 Å². The van der Waals surface area contributed by atoms with E-state index in [-0.39, 0.29) is 23.0 Å². The lowest BCUT2D eigenvalue weighted by molar-refractivity contribution is -0.129. The Morgan fingerprint density at radius 2 is 1.79 bits per heavy atom. The summed E-state index contributed by atoms with van der Waals surface area (Å²) < 4.78 is 6.27. The summed E-state index contributed by atoms with van der Waals surface area (Å²) in [6.45, 7) is 17.4. The molecule has 8 heteroatoms. The van der Waals surface area contributed by atoms with Crippen LogP contribution in [0.3, 0.4) is 0 Å². The minimum atomic E-state index is -1.06. The van der Waals surface area contributed by atoms with Gasteiger partial charge in [-0.25, -0.2) is 4.98 Å². The highest BCUT2D eigenvalue weighted by molar-refractivity contribution is 6.05. The molecular weight excluding hydrogens is 478 g/mol. The summed E-state index contributed by atoms with van der Waals surface area (Å²) in [5, 5.41) is 7.07. The largest absolute Gasteiger partial charge is 0.449 e. The van der Waals surface area contributed by atoms with Crippen molar-refractivity contribution in [2.75, 3.05) is 18.0 Å². The molecule has 1 aliphatic carbocycles. The average Bonchev–Trinajstić information content (AvgIpc) is 3.45. The summed E-state index contributed by atoms with van der Waals surface area (Å²) in [7, 11) is 0. The molecule has 1 aliphatic heterocycles. The summed E-state index contributed by atoms with van der Waals surface area (Å²) >= 11 is 0. The van der Waals surface area contributed by atoms with Crippen molar-refractivity contribution in [1.82, 2.24) is 20.1 Å². The van der Waals surface area contributed by atoms with Gasteiger partial charge in [0, 0.05) is 48.1 Å². The molecule has 3 aromatic heterocycles. The third-order valence-electron chi connectivity index (χ3n) is 8.57. The molecule has 5 rings (SSSR count). The highest BCUT2D eigenvalue weighted by atomic mass is 16.3. The molecule has 0 spiro atoms. The number of nitrogens with zero attached hydrogens (tertiary/aromatic N) is 4. The van der Waals surface area contributed by atoms with Crippen molar-refractivity contribution in [2.45, 2.75) is 97.9 Å². The van der Waals surface area contributed by atoms with Gasteiger partial charge in [-0.05, 0) is 63.4 Å². The lowest BCUT2D eigenvalue weighted by Gasteiger charge is -2.44. The number of piperazine rings is 1. The molecule has 2 amide bonds. The first-order chi connectivity index (χ1) is 17.7. The molecule has 2 fully saturated rings. The van der Waals surface area contributed by atoms with Gasteiger partial charge in [-0.2, -0.15) is 5.10 Å². The van der Waals surface area contributed by atoms with E-state index in [2.05, 4.69) is 50.9 Å². The number of anilines is 1. The van der Waals surface area contributed by atoms with Crippen LogP contribution in [0.5, 0.6) is 0 Å². The van der Waals surface area contributed by atoms with Crippen molar-refractivity contribution in [3.8, 4) is 0 Å². The second-order valence-corrected chi connectivity index (χ2v) is 13.5. The number of hydrogen-bond donors (Lipinski definition) is 1. The normalized spacial score (nSPS) is 20.4. The van der Waals surface area contributed by atoms with Crippen LogP contribution in [0.2, 0.25) is 0 Å². The number of fused-ring (bicyclic) bond motifs is 1. The maximum absolute atomic E-state index is 13.8. The van der Waals surface area contributed by atoms with Crippen molar-refractivity contribution < 1.29 is 14.0 Å². The van der Waals surface area contributed by atoms with Gasteiger partial charge < -0.3 is 9.32 Å². The number of nitrogens with one attached hydrogen (secondary N) is 1. The van der Waals surface area contributed by atoms with Crippen molar-refractivity contribution in [3.63, 3.8) is 0 Å². The molecular formula is C30H41N5O3. The zero-order valence-corrected chi connectivity index (χ0v) is 24.1. The number of aromatic nitrogens is 3. The number of furan rings is 1. The summed E-state index contributed by atoms with van der Waals surface area (Å²) in [6.07, 6.45) is 6.38. The fourth-order valence-electron chi connectivity index (χ4n) is 5.94. The zero-order valence-electron chi connectivity index (χ0n) is 24.1. The number of aryl methyl sites for hydroxylation is 1.